The number of hydrogen-bond donors (Lipinski definition) is 1. The molecule has 1 N–H and O–H groups in total. The van der Waals surface area contributed by atoms with Crippen molar-refractivity contribution in [1.29, 1.82) is 0 Å². The molecule has 0 unspecified atom stereocenters. The molecule has 2 heterocycles. The van der Waals surface area contributed by atoms with Gasteiger partial charge in [-0.3, -0.25) is 4.79 Å². The number of carbonyl (C=O) groups excluding carboxylic acids is 1. The van der Waals surface area contributed by atoms with Crippen LogP contribution in [0.25, 0.3) is 0 Å². The van der Waals surface area contributed by atoms with E-state index in [1.54, 1.807) is 23.7 Å². The minimum Gasteiger partial charge on any atom is -0.356 e. The number of aromatic nitrogens is 1. The Hall–Kier alpha value is -0.990. The van der Waals surface area contributed by atoms with Gasteiger partial charge in [0.1, 0.15) is 10.6 Å². The van der Waals surface area contributed by atoms with E-state index in [0.29, 0.717) is 18.8 Å². The fraction of sp³-hybridized carbons (Fsp3) is 0.667. The lowest BCUT2D eigenvalue weighted by molar-refractivity contribution is 0.0730. The van der Waals surface area contributed by atoms with Crippen molar-refractivity contribution in [2.24, 2.45) is 0 Å². The molecule has 3 rings (SSSR count). The van der Waals surface area contributed by atoms with Crippen LogP contribution in [0.1, 0.15) is 36.2 Å². The molecule has 0 bridgehead atoms. The van der Waals surface area contributed by atoms with Crippen LogP contribution >= 0.6 is 11.8 Å². The molecule has 6 nitrogen and oxygen atoms in total. The van der Waals surface area contributed by atoms with E-state index in [2.05, 4.69) is 4.98 Å². The number of amides is 1. The van der Waals surface area contributed by atoms with Crippen molar-refractivity contribution in [3.63, 3.8) is 0 Å². The Bertz CT molecular complexity index is 659. The second kappa shape index (κ2) is 6.86. The van der Waals surface area contributed by atoms with Crippen molar-refractivity contribution < 1.29 is 13.2 Å². The Morgan fingerprint density at radius 3 is 2.61 bits per heavy atom. The average Bonchev–Trinajstić information content (AvgIpc) is 3.26. The minimum atomic E-state index is -3.50. The number of H-pyrrole nitrogens is 1. The minimum absolute atomic E-state index is 0.132. The number of sulfonamides is 1. The summed E-state index contributed by atoms with van der Waals surface area (Å²) in [5.74, 6) is 1.51. The van der Waals surface area contributed by atoms with Crippen LogP contribution in [-0.2, 0) is 10.0 Å². The molecule has 1 aromatic rings. The van der Waals surface area contributed by atoms with E-state index in [9.17, 15) is 13.2 Å². The number of hydrogen-bond acceptors (Lipinski definition) is 4. The highest BCUT2D eigenvalue weighted by molar-refractivity contribution is 7.99. The van der Waals surface area contributed by atoms with Gasteiger partial charge in [-0.25, -0.2) is 8.42 Å². The Labute approximate surface area is 141 Å². The van der Waals surface area contributed by atoms with Gasteiger partial charge in [0, 0.05) is 43.9 Å². The molecule has 2 fully saturated rings. The number of nitrogens with zero attached hydrogens (tertiary/aromatic N) is 2. The molecule has 0 atom stereocenters. The molecule has 1 aliphatic heterocycles. The Kier molecular flexibility index (Phi) is 5.03. The molecule has 1 saturated heterocycles. The van der Waals surface area contributed by atoms with Crippen LogP contribution in [0.3, 0.4) is 0 Å². The predicted molar refractivity (Wildman–Crippen MR) is 91.2 cm³/mol. The van der Waals surface area contributed by atoms with Crippen LogP contribution in [0, 0.1) is 0 Å². The number of aromatic amines is 1. The maximum absolute atomic E-state index is 12.6. The summed E-state index contributed by atoms with van der Waals surface area (Å²) in [6.07, 6.45) is 5.80. The van der Waals surface area contributed by atoms with E-state index < -0.39 is 10.0 Å². The fourth-order valence-electron chi connectivity index (χ4n) is 3.23. The lowest BCUT2D eigenvalue weighted by Crippen LogP contribution is -2.37. The molecule has 1 aliphatic carbocycles. The number of thioether (sulfide) groups is 1. The molecular formula is C15H23N3O3S2. The van der Waals surface area contributed by atoms with E-state index >= 15 is 0 Å². The van der Waals surface area contributed by atoms with Gasteiger partial charge in [-0.05, 0) is 18.9 Å². The zero-order chi connectivity index (χ0) is 16.4. The van der Waals surface area contributed by atoms with Crippen molar-refractivity contribution in [2.45, 2.75) is 36.6 Å². The molecule has 2 aliphatic rings. The van der Waals surface area contributed by atoms with Crippen LogP contribution in [0.4, 0.5) is 0 Å². The van der Waals surface area contributed by atoms with E-state index in [1.165, 1.54) is 16.6 Å². The van der Waals surface area contributed by atoms with Gasteiger partial charge in [0.05, 0.1) is 0 Å². The summed E-state index contributed by atoms with van der Waals surface area (Å²) in [7, 11) is -1.70. The van der Waals surface area contributed by atoms with Gasteiger partial charge in [0.2, 0.25) is 10.0 Å². The SMILES string of the molecule is CN(C(=O)c1cc(S(=O)(=O)N2CCSCC2)c[nH]1)C1CCCC1. The zero-order valence-electron chi connectivity index (χ0n) is 13.3. The third-order valence-corrected chi connectivity index (χ3v) is 7.51. The van der Waals surface area contributed by atoms with Gasteiger partial charge < -0.3 is 9.88 Å². The summed E-state index contributed by atoms with van der Waals surface area (Å²) in [6.45, 7) is 1.06. The van der Waals surface area contributed by atoms with E-state index in [4.69, 9.17) is 0 Å². The monoisotopic (exact) mass is 357 g/mol. The maximum Gasteiger partial charge on any atom is 0.270 e. The first-order chi connectivity index (χ1) is 11.0. The summed E-state index contributed by atoms with van der Waals surface area (Å²) >= 11 is 1.76. The maximum atomic E-state index is 12.6. The number of carbonyl (C=O) groups is 1. The number of nitrogens with one attached hydrogen (secondary N) is 1. The summed E-state index contributed by atoms with van der Waals surface area (Å²) in [4.78, 5) is 17.3. The molecular weight excluding hydrogens is 334 g/mol. The van der Waals surface area contributed by atoms with Gasteiger partial charge in [0.15, 0.2) is 0 Å². The first-order valence-corrected chi connectivity index (χ1v) is 10.6. The molecule has 23 heavy (non-hydrogen) atoms. The van der Waals surface area contributed by atoms with Crippen LogP contribution in [0.2, 0.25) is 0 Å². The van der Waals surface area contributed by atoms with Crippen molar-refractivity contribution in [2.75, 3.05) is 31.6 Å². The summed E-state index contributed by atoms with van der Waals surface area (Å²) in [6, 6.07) is 1.75. The third kappa shape index (κ3) is 3.44. The Balaban J connectivity index is 1.75. The van der Waals surface area contributed by atoms with Crippen LogP contribution < -0.4 is 0 Å². The zero-order valence-corrected chi connectivity index (χ0v) is 15.0. The molecule has 128 valence electrons. The van der Waals surface area contributed by atoms with Gasteiger partial charge >= 0.3 is 0 Å². The Morgan fingerprint density at radius 2 is 1.96 bits per heavy atom. The lowest BCUT2D eigenvalue weighted by atomic mass is 10.2. The molecule has 8 heteroatoms. The van der Waals surface area contributed by atoms with Gasteiger partial charge in [-0.15, -0.1) is 0 Å². The predicted octanol–water partition coefficient (Wildman–Crippen LogP) is 1.77. The average molecular weight is 358 g/mol. The second-order valence-corrected chi connectivity index (χ2v) is 9.28. The smallest absolute Gasteiger partial charge is 0.270 e. The van der Waals surface area contributed by atoms with Gasteiger partial charge in [-0.2, -0.15) is 16.1 Å². The molecule has 1 amide bonds. The van der Waals surface area contributed by atoms with Crippen molar-refractivity contribution in [1.82, 2.24) is 14.2 Å². The van der Waals surface area contributed by atoms with E-state index in [-0.39, 0.29) is 16.8 Å². The summed E-state index contributed by atoms with van der Waals surface area (Å²) in [5, 5.41) is 0. The van der Waals surface area contributed by atoms with Crippen molar-refractivity contribution >= 4 is 27.7 Å². The molecule has 0 spiro atoms. The quantitative estimate of drug-likeness (QED) is 0.891. The van der Waals surface area contributed by atoms with Crippen molar-refractivity contribution in [3.05, 3.63) is 18.0 Å². The highest BCUT2D eigenvalue weighted by atomic mass is 32.2. The van der Waals surface area contributed by atoms with E-state index in [1.807, 2.05) is 0 Å². The molecule has 0 aromatic carbocycles. The van der Waals surface area contributed by atoms with Crippen LogP contribution in [0.5, 0.6) is 0 Å². The number of rotatable bonds is 4. The first kappa shape index (κ1) is 16.9. The van der Waals surface area contributed by atoms with Gasteiger partial charge in [0.25, 0.3) is 5.91 Å². The topological polar surface area (TPSA) is 73.5 Å². The second-order valence-electron chi connectivity index (χ2n) is 6.12. The standard InChI is InChI=1S/C15H23N3O3S2/c1-17(12-4-2-3-5-12)15(19)14-10-13(11-16-14)23(20,21)18-6-8-22-9-7-18/h10-12,16H,2-9H2,1H3. The first-order valence-electron chi connectivity index (χ1n) is 8.03. The summed E-state index contributed by atoms with van der Waals surface area (Å²) in [5.41, 5.74) is 0.351. The van der Waals surface area contributed by atoms with E-state index in [0.717, 1.165) is 37.2 Å². The largest absolute Gasteiger partial charge is 0.356 e. The molecule has 1 saturated carbocycles. The normalized spacial score (nSPS) is 20.7. The molecule has 0 radical (unpaired) electrons. The van der Waals surface area contributed by atoms with Gasteiger partial charge in [-0.1, -0.05) is 12.8 Å². The Morgan fingerprint density at radius 1 is 1.30 bits per heavy atom. The third-order valence-electron chi connectivity index (χ3n) is 4.69. The summed E-state index contributed by atoms with van der Waals surface area (Å²) < 4.78 is 26.7. The highest BCUT2D eigenvalue weighted by Gasteiger charge is 2.29. The van der Waals surface area contributed by atoms with Crippen LogP contribution in [-0.4, -0.2) is 66.2 Å². The molecule has 1 aromatic heterocycles. The highest BCUT2D eigenvalue weighted by Crippen LogP contribution is 2.25. The van der Waals surface area contributed by atoms with Crippen LogP contribution in [0.15, 0.2) is 17.2 Å². The lowest BCUT2D eigenvalue weighted by Gasteiger charge is -2.25. The fourth-order valence-corrected chi connectivity index (χ4v) is 5.80. The van der Waals surface area contributed by atoms with Crippen molar-refractivity contribution in [3.8, 4) is 0 Å².